The van der Waals surface area contributed by atoms with Crippen LogP contribution in [-0.4, -0.2) is 67.8 Å². The first-order chi connectivity index (χ1) is 22.9. The molecule has 0 saturated carbocycles. The zero-order valence-electron chi connectivity index (χ0n) is 25.0. The summed E-state index contributed by atoms with van der Waals surface area (Å²) in [6.45, 7) is -0.747. The van der Waals surface area contributed by atoms with Crippen molar-refractivity contribution in [2.24, 2.45) is 0 Å². The first-order valence-electron chi connectivity index (χ1n) is 14.7. The number of carbonyl (C=O) groups is 4. The third kappa shape index (κ3) is 8.49. The number of terminal acetylenes is 1. The molecule has 47 heavy (non-hydrogen) atoms. The molecule has 10 nitrogen and oxygen atoms in total. The van der Waals surface area contributed by atoms with Crippen molar-refractivity contribution in [3.8, 4) is 12.3 Å². The van der Waals surface area contributed by atoms with E-state index in [0.29, 0.717) is 0 Å². The fraction of sp³-hybridized carbons (Fsp3) is 0.189. The Kier molecular flexibility index (Phi) is 11.1. The molecule has 4 aromatic carbocycles. The van der Waals surface area contributed by atoms with E-state index >= 15 is 0 Å². The van der Waals surface area contributed by atoms with Crippen LogP contribution in [0.5, 0.6) is 0 Å². The number of rotatable bonds is 11. The third-order valence-corrected chi connectivity index (χ3v) is 7.07. The second-order valence-corrected chi connectivity index (χ2v) is 10.2. The molecule has 0 radical (unpaired) electrons. The van der Waals surface area contributed by atoms with Gasteiger partial charge in [-0.3, -0.25) is 0 Å². The van der Waals surface area contributed by atoms with Crippen molar-refractivity contribution in [1.29, 1.82) is 0 Å². The highest BCUT2D eigenvalue weighted by Crippen LogP contribution is 2.31. The molecule has 0 bridgehead atoms. The minimum absolute atomic E-state index is 0.174. The lowest BCUT2D eigenvalue weighted by Gasteiger charge is -2.44. The molecule has 0 N–H and O–H groups in total. The quantitative estimate of drug-likeness (QED) is 0.128. The van der Waals surface area contributed by atoms with Crippen LogP contribution in [0.25, 0.3) is 0 Å². The lowest BCUT2D eigenvalue weighted by atomic mass is 9.97. The average molecular weight is 635 g/mol. The highest BCUT2D eigenvalue weighted by Gasteiger charge is 2.53. The van der Waals surface area contributed by atoms with Crippen molar-refractivity contribution in [3.05, 3.63) is 144 Å². The molecule has 1 fully saturated rings. The second-order valence-electron chi connectivity index (χ2n) is 10.2. The first-order valence-corrected chi connectivity index (χ1v) is 14.7. The van der Waals surface area contributed by atoms with Crippen molar-refractivity contribution in [2.75, 3.05) is 13.2 Å². The largest absolute Gasteiger partial charge is 0.459 e. The number of carbonyl (C=O) groups excluding carboxylic acids is 4. The van der Waals surface area contributed by atoms with Crippen molar-refractivity contribution in [3.63, 3.8) is 0 Å². The van der Waals surface area contributed by atoms with Gasteiger partial charge in [-0.25, -0.2) is 19.2 Å². The Morgan fingerprint density at radius 2 is 0.936 bits per heavy atom. The summed E-state index contributed by atoms with van der Waals surface area (Å²) >= 11 is 0. The predicted octanol–water partition coefficient (Wildman–Crippen LogP) is 4.89. The van der Waals surface area contributed by atoms with Crippen LogP contribution in [0.1, 0.15) is 41.4 Å². The minimum atomic E-state index is -1.51. The Bertz CT molecular complexity index is 1690. The molecule has 1 aliphatic heterocycles. The highest BCUT2D eigenvalue weighted by molar-refractivity contribution is 5.91. The molecule has 0 unspecified atom stereocenters. The molecule has 4 aromatic rings. The van der Waals surface area contributed by atoms with Crippen LogP contribution >= 0.6 is 0 Å². The fourth-order valence-corrected chi connectivity index (χ4v) is 4.79. The van der Waals surface area contributed by atoms with E-state index in [0.717, 1.165) is 0 Å². The van der Waals surface area contributed by atoms with Gasteiger partial charge in [0.15, 0.2) is 24.6 Å². The summed E-state index contributed by atoms with van der Waals surface area (Å²) in [7, 11) is 0. The number of hydrogen-bond donors (Lipinski definition) is 0. The average Bonchev–Trinajstić information content (AvgIpc) is 3.13. The third-order valence-electron chi connectivity index (χ3n) is 7.07. The van der Waals surface area contributed by atoms with E-state index in [4.69, 9.17) is 34.8 Å². The summed E-state index contributed by atoms with van der Waals surface area (Å²) in [4.78, 5) is 53.2. The molecular weight excluding hydrogens is 604 g/mol. The lowest BCUT2D eigenvalue weighted by molar-refractivity contribution is -0.295. The van der Waals surface area contributed by atoms with Gasteiger partial charge in [-0.2, -0.15) is 0 Å². The monoisotopic (exact) mass is 634 g/mol. The summed E-state index contributed by atoms with van der Waals surface area (Å²) in [5.74, 6) is -0.751. The van der Waals surface area contributed by atoms with Gasteiger partial charge in [-0.1, -0.05) is 78.7 Å². The van der Waals surface area contributed by atoms with Crippen LogP contribution in [0.4, 0.5) is 0 Å². The summed E-state index contributed by atoms with van der Waals surface area (Å²) in [5.41, 5.74) is 0.814. The van der Waals surface area contributed by atoms with Crippen molar-refractivity contribution < 1.29 is 47.6 Å². The highest BCUT2D eigenvalue weighted by atomic mass is 16.7. The van der Waals surface area contributed by atoms with Crippen LogP contribution < -0.4 is 0 Å². The summed E-state index contributed by atoms with van der Waals surface area (Å²) in [6.07, 6.45) is -1.69. The molecule has 1 aliphatic rings. The number of benzene rings is 4. The summed E-state index contributed by atoms with van der Waals surface area (Å²) in [6, 6.07) is 32.5. The van der Waals surface area contributed by atoms with E-state index < -0.39 is 61.2 Å². The Morgan fingerprint density at radius 1 is 0.553 bits per heavy atom. The molecule has 1 heterocycles. The molecule has 0 spiro atoms. The number of hydrogen-bond acceptors (Lipinski definition) is 10. The van der Waals surface area contributed by atoms with E-state index in [1.165, 1.54) is 36.4 Å². The van der Waals surface area contributed by atoms with E-state index in [2.05, 4.69) is 5.92 Å². The Balaban J connectivity index is 1.53. The van der Waals surface area contributed by atoms with E-state index in [-0.39, 0.29) is 28.9 Å². The van der Waals surface area contributed by atoms with Gasteiger partial charge in [-0.15, -0.1) is 6.42 Å². The SMILES string of the molecule is C#CCO[C@H]1O[C@H](COC(=O)c2ccccc2)[C@@H](OC(=O)c2ccccc2)[C@H](OC(=O)c2ccccc2)[C@@H]1OC(=O)c1ccccc1. The molecule has 238 valence electrons. The van der Waals surface area contributed by atoms with Crippen LogP contribution in [0.3, 0.4) is 0 Å². The van der Waals surface area contributed by atoms with E-state index in [1.54, 1.807) is 84.9 Å². The van der Waals surface area contributed by atoms with Gasteiger partial charge in [-0.05, 0) is 48.5 Å². The molecule has 5 atom stereocenters. The Morgan fingerprint density at radius 3 is 1.36 bits per heavy atom. The topological polar surface area (TPSA) is 124 Å². The van der Waals surface area contributed by atoms with Gasteiger partial charge in [0.25, 0.3) is 0 Å². The zero-order valence-corrected chi connectivity index (χ0v) is 25.0. The van der Waals surface area contributed by atoms with Crippen LogP contribution in [0.2, 0.25) is 0 Å². The van der Waals surface area contributed by atoms with Crippen LogP contribution in [-0.2, 0) is 28.4 Å². The Labute approximate surface area is 271 Å². The fourth-order valence-electron chi connectivity index (χ4n) is 4.79. The van der Waals surface area contributed by atoms with Gasteiger partial charge in [0.2, 0.25) is 0 Å². The first kappa shape index (κ1) is 32.6. The maximum atomic E-state index is 13.5. The molecule has 10 heteroatoms. The molecule has 0 aliphatic carbocycles. The second kappa shape index (κ2) is 16.0. The zero-order chi connectivity index (χ0) is 33.0. The smallest absolute Gasteiger partial charge is 0.338 e. The van der Waals surface area contributed by atoms with E-state index in [1.807, 2.05) is 0 Å². The summed E-state index contributed by atoms with van der Waals surface area (Å²) < 4.78 is 35.2. The molecule has 0 aromatic heterocycles. The minimum Gasteiger partial charge on any atom is -0.459 e. The van der Waals surface area contributed by atoms with Gasteiger partial charge in [0.1, 0.15) is 19.3 Å². The van der Waals surface area contributed by atoms with Gasteiger partial charge < -0.3 is 28.4 Å². The van der Waals surface area contributed by atoms with Crippen LogP contribution in [0.15, 0.2) is 121 Å². The van der Waals surface area contributed by atoms with Gasteiger partial charge >= 0.3 is 23.9 Å². The molecule has 5 rings (SSSR count). The standard InChI is InChI=1S/C37H30O10/c1-2-23-42-37-32(47-36(41)28-21-13-6-14-22-28)31(46-35(40)27-19-11-5-12-20-27)30(45-34(39)26-17-9-4-10-18-26)29(44-37)24-43-33(38)25-15-7-3-8-16-25/h1,3-22,29-32,37H,23-24H2/t29-,30-,31+,32+,37+/m1/s1. The van der Waals surface area contributed by atoms with Crippen molar-refractivity contribution in [1.82, 2.24) is 0 Å². The number of ether oxygens (including phenoxy) is 6. The van der Waals surface area contributed by atoms with Gasteiger partial charge in [0, 0.05) is 0 Å². The lowest BCUT2D eigenvalue weighted by Crippen LogP contribution is -2.63. The molecule has 0 amide bonds. The normalized spacial score (nSPS) is 20.2. The predicted molar refractivity (Wildman–Crippen MR) is 167 cm³/mol. The van der Waals surface area contributed by atoms with Crippen molar-refractivity contribution >= 4 is 23.9 Å². The Hall–Kier alpha value is -5.76. The molecule has 1 saturated heterocycles. The van der Waals surface area contributed by atoms with Gasteiger partial charge in [0.05, 0.1) is 22.3 Å². The van der Waals surface area contributed by atoms with E-state index in [9.17, 15) is 19.2 Å². The number of esters is 4. The summed E-state index contributed by atoms with van der Waals surface area (Å²) in [5, 5.41) is 0. The molecular formula is C37H30O10. The maximum absolute atomic E-state index is 13.5. The van der Waals surface area contributed by atoms with Crippen LogP contribution in [0, 0.1) is 12.3 Å². The van der Waals surface area contributed by atoms with Crippen molar-refractivity contribution in [2.45, 2.75) is 30.7 Å². The maximum Gasteiger partial charge on any atom is 0.338 e.